The van der Waals surface area contributed by atoms with Crippen LogP contribution in [0.1, 0.15) is 23.1 Å². The van der Waals surface area contributed by atoms with Gasteiger partial charge in [0, 0.05) is 12.0 Å². The summed E-state index contributed by atoms with van der Waals surface area (Å²) in [4.78, 5) is 0. The number of allylic oxidation sites excluding steroid dienone is 1. The molecule has 0 aliphatic carbocycles. The minimum Gasteiger partial charge on any atom is -0.0937 e. The van der Waals surface area contributed by atoms with Crippen LogP contribution in [0, 0.1) is 18.8 Å². The lowest BCUT2D eigenvalue weighted by Crippen LogP contribution is -1.75. The Morgan fingerprint density at radius 2 is 1.83 bits per heavy atom. The second kappa shape index (κ2) is 6.47. The summed E-state index contributed by atoms with van der Waals surface area (Å²) in [6.07, 6.45) is 4.98. The predicted octanol–water partition coefficient (Wildman–Crippen LogP) is 4.45. The van der Waals surface area contributed by atoms with Gasteiger partial charge in [-0.15, -0.1) is 0 Å². The monoisotopic (exact) mass is 232 g/mol. The van der Waals surface area contributed by atoms with Gasteiger partial charge in [0.25, 0.3) is 0 Å². The molecule has 0 atom stereocenters. The molecule has 0 heteroatoms. The van der Waals surface area contributed by atoms with Gasteiger partial charge in [-0.05, 0) is 30.2 Å². The normalized spacial score (nSPS) is 10.1. The number of benzene rings is 2. The molecule has 0 fully saturated rings. The molecule has 2 rings (SSSR count). The number of aryl methyl sites for hydroxylation is 1. The van der Waals surface area contributed by atoms with Gasteiger partial charge >= 0.3 is 0 Å². The number of hydrogen-bond acceptors (Lipinski definition) is 0. The van der Waals surface area contributed by atoms with Crippen LogP contribution in [0.4, 0.5) is 0 Å². The van der Waals surface area contributed by atoms with Crippen molar-refractivity contribution in [3.05, 3.63) is 77.4 Å². The van der Waals surface area contributed by atoms with E-state index < -0.39 is 0 Å². The first-order chi connectivity index (χ1) is 8.84. The zero-order valence-corrected chi connectivity index (χ0v) is 10.6. The Morgan fingerprint density at radius 1 is 1.00 bits per heavy atom. The summed E-state index contributed by atoms with van der Waals surface area (Å²) in [7, 11) is 0. The summed E-state index contributed by atoms with van der Waals surface area (Å²) in [5.74, 6) is 6.33. The summed E-state index contributed by atoms with van der Waals surface area (Å²) in [6.45, 7) is 2.08. The van der Waals surface area contributed by atoms with E-state index in [1.165, 1.54) is 11.1 Å². The van der Waals surface area contributed by atoms with Crippen molar-refractivity contribution in [1.29, 1.82) is 0 Å². The van der Waals surface area contributed by atoms with Crippen LogP contribution in [0.15, 0.2) is 60.7 Å². The average molecular weight is 232 g/mol. The van der Waals surface area contributed by atoms with Crippen molar-refractivity contribution in [2.75, 3.05) is 0 Å². The Balaban J connectivity index is 1.92. The van der Waals surface area contributed by atoms with E-state index in [-0.39, 0.29) is 0 Å². The van der Waals surface area contributed by atoms with Gasteiger partial charge in [-0.2, -0.15) is 0 Å². The van der Waals surface area contributed by atoms with E-state index in [0.717, 1.165) is 12.0 Å². The van der Waals surface area contributed by atoms with Crippen LogP contribution in [0.25, 0.3) is 6.08 Å². The van der Waals surface area contributed by atoms with Gasteiger partial charge in [-0.3, -0.25) is 0 Å². The fraction of sp³-hybridized carbons (Fsp3) is 0.111. The molecule has 0 heterocycles. The largest absolute Gasteiger partial charge is 0.0937 e. The molecule has 0 aliphatic rings. The van der Waals surface area contributed by atoms with E-state index in [4.69, 9.17) is 0 Å². The van der Waals surface area contributed by atoms with Crippen molar-refractivity contribution >= 4 is 6.08 Å². The van der Waals surface area contributed by atoms with Crippen LogP contribution in [0.3, 0.4) is 0 Å². The van der Waals surface area contributed by atoms with Crippen molar-refractivity contribution in [3.8, 4) is 11.8 Å². The molecule has 0 bridgehead atoms. The molecule has 2 aromatic rings. The molecule has 18 heavy (non-hydrogen) atoms. The van der Waals surface area contributed by atoms with Crippen molar-refractivity contribution in [2.45, 2.75) is 13.3 Å². The molecule has 2 aromatic carbocycles. The van der Waals surface area contributed by atoms with Gasteiger partial charge < -0.3 is 0 Å². The van der Waals surface area contributed by atoms with E-state index in [1.807, 2.05) is 30.3 Å². The van der Waals surface area contributed by atoms with Crippen molar-refractivity contribution < 1.29 is 0 Å². The van der Waals surface area contributed by atoms with E-state index in [2.05, 4.69) is 55.2 Å². The standard InChI is InChI=1S/C18H16/c1-16-9-8-14-18(15-16)13-7-3-6-12-17-10-4-2-5-11-17/h2,4-6,8-12,14-15H,3H2,1H3/b12-6+. The average Bonchev–Trinajstić information content (AvgIpc) is 2.40. The van der Waals surface area contributed by atoms with Crippen LogP contribution in [0.5, 0.6) is 0 Å². The molecule has 0 unspecified atom stereocenters. The molecule has 0 nitrogen and oxygen atoms in total. The van der Waals surface area contributed by atoms with Crippen LogP contribution >= 0.6 is 0 Å². The first-order valence-electron chi connectivity index (χ1n) is 6.12. The number of hydrogen-bond donors (Lipinski definition) is 0. The van der Waals surface area contributed by atoms with Crippen molar-refractivity contribution in [2.24, 2.45) is 0 Å². The van der Waals surface area contributed by atoms with E-state index >= 15 is 0 Å². The molecule has 0 saturated heterocycles. The molecule has 0 amide bonds. The van der Waals surface area contributed by atoms with Gasteiger partial charge in [0.2, 0.25) is 0 Å². The Hall–Kier alpha value is -2.26. The smallest absolute Gasteiger partial charge is 0.0276 e. The summed E-state index contributed by atoms with van der Waals surface area (Å²) < 4.78 is 0. The third kappa shape index (κ3) is 3.96. The Labute approximate surface area is 109 Å². The zero-order chi connectivity index (χ0) is 12.6. The van der Waals surface area contributed by atoms with Gasteiger partial charge in [0.05, 0.1) is 0 Å². The molecule has 0 radical (unpaired) electrons. The lowest BCUT2D eigenvalue weighted by atomic mass is 10.1. The van der Waals surface area contributed by atoms with Gasteiger partial charge in [0.1, 0.15) is 0 Å². The first-order valence-corrected chi connectivity index (χ1v) is 6.12. The predicted molar refractivity (Wildman–Crippen MR) is 78.2 cm³/mol. The van der Waals surface area contributed by atoms with Gasteiger partial charge in [-0.1, -0.05) is 66.5 Å². The van der Waals surface area contributed by atoms with Crippen LogP contribution < -0.4 is 0 Å². The first kappa shape index (κ1) is 12.2. The van der Waals surface area contributed by atoms with E-state index in [0.29, 0.717) is 0 Å². The third-order valence-electron chi connectivity index (χ3n) is 2.58. The molecular formula is C18H16. The molecule has 0 N–H and O–H groups in total. The van der Waals surface area contributed by atoms with Crippen molar-refractivity contribution in [3.63, 3.8) is 0 Å². The highest BCUT2D eigenvalue weighted by Gasteiger charge is 1.86. The summed E-state index contributed by atoms with van der Waals surface area (Å²) in [5.41, 5.74) is 3.56. The SMILES string of the molecule is Cc1cccc(C#CC/C=C/c2ccccc2)c1. The molecule has 88 valence electrons. The molecule has 0 saturated carbocycles. The van der Waals surface area contributed by atoms with Crippen LogP contribution in [-0.2, 0) is 0 Å². The third-order valence-corrected chi connectivity index (χ3v) is 2.58. The molecule has 0 spiro atoms. The highest BCUT2D eigenvalue weighted by Crippen LogP contribution is 2.03. The molecule has 0 aromatic heterocycles. The highest BCUT2D eigenvalue weighted by atomic mass is 13.9. The van der Waals surface area contributed by atoms with Gasteiger partial charge in [0.15, 0.2) is 0 Å². The van der Waals surface area contributed by atoms with E-state index in [9.17, 15) is 0 Å². The fourth-order valence-corrected chi connectivity index (χ4v) is 1.69. The van der Waals surface area contributed by atoms with Crippen LogP contribution in [-0.4, -0.2) is 0 Å². The molecular weight excluding hydrogens is 216 g/mol. The molecule has 0 aliphatic heterocycles. The lowest BCUT2D eigenvalue weighted by Gasteiger charge is -1.92. The fourth-order valence-electron chi connectivity index (χ4n) is 1.69. The Morgan fingerprint density at radius 3 is 2.61 bits per heavy atom. The van der Waals surface area contributed by atoms with Crippen LogP contribution in [0.2, 0.25) is 0 Å². The topological polar surface area (TPSA) is 0 Å². The van der Waals surface area contributed by atoms with E-state index in [1.54, 1.807) is 0 Å². The minimum absolute atomic E-state index is 0.781. The second-order valence-corrected chi connectivity index (χ2v) is 4.19. The summed E-state index contributed by atoms with van der Waals surface area (Å²) in [5, 5.41) is 0. The number of rotatable bonds is 2. The lowest BCUT2D eigenvalue weighted by molar-refractivity contribution is 1.44. The zero-order valence-electron chi connectivity index (χ0n) is 10.6. The maximum atomic E-state index is 3.17. The maximum Gasteiger partial charge on any atom is 0.0276 e. The quantitative estimate of drug-likeness (QED) is 0.671. The van der Waals surface area contributed by atoms with Crippen molar-refractivity contribution in [1.82, 2.24) is 0 Å². The minimum atomic E-state index is 0.781. The van der Waals surface area contributed by atoms with Gasteiger partial charge in [-0.25, -0.2) is 0 Å². The summed E-state index contributed by atoms with van der Waals surface area (Å²) in [6, 6.07) is 18.6. The summed E-state index contributed by atoms with van der Waals surface area (Å²) >= 11 is 0. The second-order valence-electron chi connectivity index (χ2n) is 4.19. The highest BCUT2D eigenvalue weighted by molar-refractivity contribution is 5.49. The Kier molecular flexibility index (Phi) is 4.39. The maximum absolute atomic E-state index is 3.17. The Bertz CT molecular complexity index is 580.